The average Bonchev–Trinajstić information content (AvgIpc) is 3.22. The van der Waals surface area contributed by atoms with Crippen LogP contribution in [-0.2, 0) is 24.7 Å². The SMILES string of the molecule is CCCCCCCCCCCCCCCCCCNC(NC[C@@H](NC(=O)Nc1cc(C(F)(F)F)cc(C(F)(F)F)c1)C(C)(C)C)=[NH+]C[C@@H](NC(=O)Nc1cc(C(F)(F)F)cc(C(F)(F)F)c1)C(C)(C)C. The lowest BCUT2D eigenvalue weighted by Crippen LogP contribution is -2.83. The highest BCUT2D eigenvalue weighted by molar-refractivity contribution is 5.90. The van der Waals surface area contributed by atoms with Gasteiger partial charge < -0.3 is 21.3 Å². The minimum absolute atomic E-state index is 0.0488. The minimum Gasteiger partial charge on any atom is -0.331 e. The van der Waals surface area contributed by atoms with E-state index in [1.54, 1.807) is 41.5 Å². The number of carbonyl (C=O) groups excluding carboxylic acids is 2. The van der Waals surface area contributed by atoms with Crippen LogP contribution in [0.15, 0.2) is 36.4 Å². The Hall–Kier alpha value is -4.59. The molecule has 2 aromatic rings. The number of anilines is 2. The second kappa shape index (κ2) is 27.9. The molecule has 0 fully saturated rings. The van der Waals surface area contributed by atoms with Gasteiger partial charge in [0.05, 0.1) is 54.0 Å². The highest BCUT2D eigenvalue weighted by Crippen LogP contribution is 2.39. The van der Waals surface area contributed by atoms with Crippen LogP contribution in [0.2, 0.25) is 0 Å². The quantitative estimate of drug-likeness (QED) is 0.0232. The first-order valence-corrected chi connectivity index (χ1v) is 24.1. The molecule has 0 bridgehead atoms. The van der Waals surface area contributed by atoms with E-state index >= 15 is 0 Å². The molecule has 0 radical (unpaired) electrons. The molecule has 4 amide bonds. The molecular formula is C49H74F12N7O2+. The highest BCUT2D eigenvalue weighted by Gasteiger charge is 2.39. The van der Waals surface area contributed by atoms with Crippen molar-refractivity contribution in [2.45, 2.75) is 188 Å². The van der Waals surface area contributed by atoms with E-state index in [0.717, 1.165) is 32.1 Å². The van der Waals surface area contributed by atoms with E-state index in [1.165, 1.54) is 70.6 Å². The molecule has 70 heavy (non-hydrogen) atoms. The summed E-state index contributed by atoms with van der Waals surface area (Å²) in [4.78, 5) is 29.5. The van der Waals surface area contributed by atoms with E-state index in [4.69, 9.17) is 0 Å². The second-order valence-electron chi connectivity index (χ2n) is 20.0. The van der Waals surface area contributed by atoms with Gasteiger partial charge in [-0.3, -0.25) is 15.6 Å². The van der Waals surface area contributed by atoms with Gasteiger partial charge in [-0.2, -0.15) is 52.7 Å². The van der Waals surface area contributed by atoms with Gasteiger partial charge >= 0.3 is 42.7 Å². The van der Waals surface area contributed by atoms with Crippen molar-refractivity contribution in [3.8, 4) is 0 Å². The molecule has 400 valence electrons. The zero-order chi connectivity index (χ0) is 53.0. The number of rotatable bonds is 25. The molecule has 0 aliphatic heterocycles. The van der Waals surface area contributed by atoms with Gasteiger partial charge in [-0.05, 0) is 53.6 Å². The number of halogens is 12. The molecule has 0 saturated carbocycles. The number of benzene rings is 2. The van der Waals surface area contributed by atoms with E-state index < -0.39 is 93.3 Å². The number of alkyl halides is 12. The fraction of sp³-hybridized carbons (Fsp3) is 0.694. The van der Waals surface area contributed by atoms with Gasteiger partial charge in [-0.1, -0.05) is 145 Å². The largest absolute Gasteiger partial charge is 0.416 e. The van der Waals surface area contributed by atoms with Gasteiger partial charge in [0.2, 0.25) is 0 Å². The third-order valence-electron chi connectivity index (χ3n) is 11.7. The Morgan fingerprint density at radius 3 is 1.09 bits per heavy atom. The van der Waals surface area contributed by atoms with Crippen LogP contribution in [0.5, 0.6) is 0 Å². The molecule has 2 rings (SSSR count). The number of nitrogens with one attached hydrogen (secondary N) is 7. The fourth-order valence-electron chi connectivity index (χ4n) is 7.33. The molecular weight excluding hydrogens is 947 g/mol. The predicted molar refractivity (Wildman–Crippen MR) is 250 cm³/mol. The molecule has 0 aliphatic rings. The molecule has 9 nitrogen and oxygen atoms in total. The summed E-state index contributed by atoms with van der Waals surface area (Å²) in [5.74, 6) is 0.300. The summed E-state index contributed by atoms with van der Waals surface area (Å²) in [7, 11) is 0. The molecule has 21 heteroatoms. The van der Waals surface area contributed by atoms with Gasteiger partial charge in [-0.25, -0.2) is 9.59 Å². The molecule has 0 saturated heterocycles. The molecule has 7 N–H and O–H groups in total. The first-order valence-electron chi connectivity index (χ1n) is 24.1. The summed E-state index contributed by atoms with van der Waals surface area (Å²) in [5.41, 5.74) is -9.44. The summed E-state index contributed by atoms with van der Waals surface area (Å²) in [6, 6.07) is -2.37. The van der Waals surface area contributed by atoms with Crippen molar-refractivity contribution in [2.75, 3.05) is 30.3 Å². The average molecular weight is 1020 g/mol. The lowest BCUT2D eigenvalue weighted by molar-refractivity contribution is -0.468. The number of hydrogen-bond donors (Lipinski definition) is 7. The van der Waals surface area contributed by atoms with Crippen LogP contribution in [0.4, 0.5) is 73.6 Å². The van der Waals surface area contributed by atoms with Crippen LogP contribution < -0.4 is 36.9 Å². The highest BCUT2D eigenvalue weighted by atomic mass is 19.4. The Kier molecular flexibility index (Phi) is 24.5. The van der Waals surface area contributed by atoms with Crippen molar-refractivity contribution in [3.05, 3.63) is 58.7 Å². The summed E-state index contributed by atoms with van der Waals surface area (Å²) >= 11 is 0. The molecule has 0 heterocycles. The number of carbonyl (C=O) groups is 2. The summed E-state index contributed by atoms with van der Waals surface area (Å²) in [6.07, 6.45) is -1.76. The van der Waals surface area contributed by atoms with E-state index in [9.17, 15) is 62.3 Å². The number of unbranched alkanes of at least 4 members (excludes halogenated alkanes) is 15. The van der Waals surface area contributed by atoms with Crippen molar-refractivity contribution < 1.29 is 67.3 Å². The number of urea groups is 2. The number of hydrogen-bond acceptors (Lipinski definition) is 2. The van der Waals surface area contributed by atoms with E-state index in [2.05, 4.69) is 43.8 Å². The molecule has 0 spiro atoms. The topological polar surface area (TPSA) is 120 Å². The van der Waals surface area contributed by atoms with Gasteiger partial charge in [0.15, 0.2) is 0 Å². The first kappa shape index (κ1) is 61.5. The molecule has 0 unspecified atom stereocenters. The summed E-state index contributed by atoms with van der Waals surface area (Å²) in [5, 5.41) is 15.8. The monoisotopic (exact) mass is 1020 g/mol. The lowest BCUT2D eigenvalue weighted by atomic mass is 9.86. The number of guanidine groups is 1. The third-order valence-corrected chi connectivity index (χ3v) is 11.7. The standard InChI is InChI=1S/C49H73F12N7O2/c1-8-9-10-11-12-13-14-15-16-17-18-19-20-21-22-23-24-62-41(63-31-39(44(2,3)4)67-42(69)65-37-27-33(46(50,51)52)25-34(28-37)47(53,54)55)64-32-40(45(5,6)7)68-43(70)66-38-29-35(48(56,57)58)26-36(30-38)49(59,60)61/h25-30,39-40H,8-24,31-32H2,1-7H3,(H2,62,63,64)(H2,65,67,69)(H2,66,68,70)/p+1/t39-,40-/m1/s1. The zero-order valence-electron chi connectivity index (χ0n) is 41.4. The maximum atomic E-state index is 13.5. The summed E-state index contributed by atoms with van der Waals surface area (Å²) < 4.78 is 162. The van der Waals surface area contributed by atoms with E-state index in [0.29, 0.717) is 36.8 Å². The van der Waals surface area contributed by atoms with Crippen LogP contribution in [0.3, 0.4) is 0 Å². The van der Waals surface area contributed by atoms with Crippen molar-refractivity contribution in [1.29, 1.82) is 0 Å². The van der Waals surface area contributed by atoms with Crippen molar-refractivity contribution in [3.63, 3.8) is 0 Å². The zero-order valence-corrected chi connectivity index (χ0v) is 41.4. The van der Waals surface area contributed by atoms with Gasteiger partial charge in [0.25, 0.3) is 0 Å². The molecule has 0 aliphatic carbocycles. The number of amides is 4. The maximum absolute atomic E-state index is 13.5. The fourth-order valence-corrected chi connectivity index (χ4v) is 7.33. The van der Waals surface area contributed by atoms with E-state index in [1.807, 2.05) is 0 Å². The Labute approximate surface area is 404 Å². The second-order valence-corrected chi connectivity index (χ2v) is 20.0. The Morgan fingerprint density at radius 1 is 0.457 bits per heavy atom. The molecule has 2 aromatic carbocycles. The van der Waals surface area contributed by atoms with Crippen LogP contribution in [0, 0.1) is 10.8 Å². The van der Waals surface area contributed by atoms with Crippen molar-refractivity contribution in [1.82, 2.24) is 21.3 Å². The minimum atomic E-state index is -5.14. The Morgan fingerprint density at radius 2 is 0.771 bits per heavy atom. The summed E-state index contributed by atoms with van der Waals surface area (Å²) in [6.45, 7) is 13.0. The Balaban J connectivity index is 2.21. The van der Waals surface area contributed by atoms with Crippen LogP contribution in [0.1, 0.15) is 173 Å². The van der Waals surface area contributed by atoms with Crippen LogP contribution in [-0.4, -0.2) is 49.7 Å². The smallest absolute Gasteiger partial charge is 0.331 e. The van der Waals surface area contributed by atoms with E-state index in [-0.39, 0.29) is 25.2 Å². The molecule has 0 aromatic heterocycles. The first-order chi connectivity index (χ1) is 32.3. The van der Waals surface area contributed by atoms with Crippen molar-refractivity contribution in [2.24, 2.45) is 10.8 Å². The third kappa shape index (κ3) is 24.5. The van der Waals surface area contributed by atoms with Crippen molar-refractivity contribution >= 4 is 29.4 Å². The lowest BCUT2D eigenvalue weighted by Gasteiger charge is -2.31. The predicted octanol–water partition coefficient (Wildman–Crippen LogP) is 13.4. The van der Waals surface area contributed by atoms with Crippen LogP contribution >= 0.6 is 0 Å². The van der Waals surface area contributed by atoms with Gasteiger partial charge in [0, 0.05) is 11.4 Å². The van der Waals surface area contributed by atoms with Crippen LogP contribution in [0.25, 0.3) is 0 Å². The van der Waals surface area contributed by atoms with Gasteiger partial charge in [0.1, 0.15) is 0 Å². The van der Waals surface area contributed by atoms with Gasteiger partial charge in [-0.15, -0.1) is 0 Å². The normalized spacial score (nSPS) is 14.0. The maximum Gasteiger partial charge on any atom is 0.416 e. The Bertz CT molecular complexity index is 1850. The molecule has 2 atom stereocenters.